The Kier molecular flexibility index (Phi) is 4.31. The van der Waals surface area contributed by atoms with Crippen molar-refractivity contribution >= 4 is 11.6 Å². The molecule has 5 N–H and O–H groups in total. The Hall–Kier alpha value is -2.41. The number of nitrogen functional groups attached to an aromatic ring is 1. The molecule has 0 radical (unpaired) electrons. The fourth-order valence-electron chi connectivity index (χ4n) is 1.85. The normalized spacial score (nSPS) is 10.5. The Morgan fingerprint density at radius 3 is 2.55 bits per heavy atom. The number of rotatable bonds is 5. The summed E-state index contributed by atoms with van der Waals surface area (Å²) in [5.74, 6) is 0.851. The molecule has 1 heterocycles. The number of nitrogens with zero attached hydrogens (tertiary/aromatic N) is 3. The summed E-state index contributed by atoms with van der Waals surface area (Å²) in [5.41, 5.74) is 12.2. The maximum atomic E-state index is 11.7. The summed E-state index contributed by atoms with van der Waals surface area (Å²) in [7, 11) is 0. The Balaban J connectivity index is 2.42. The van der Waals surface area contributed by atoms with Gasteiger partial charge in [0.15, 0.2) is 0 Å². The van der Waals surface area contributed by atoms with E-state index in [1.54, 1.807) is 24.3 Å². The number of hydrogen-bond donors (Lipinski definition) is 3. The highest BCUT2D eigenvalue weighted by Gasteiger charge is 2.10. The van der Waals surface area contributed by atoms with Crippen LogP contribution < -0.4 is 22.1 Å². The molecular formula is C13H18N6O. The first-order chi connectivity index (χ1) is 9.63. The molecule has 106 valence electrons. The van der Waals surface area contributed by atoms with Gasteiger partial charge in [0.1, 0.15) is 5.82 Å². The molecule has 0 aliphatic heterocycles. The summed E-state index contributed by atoms with van der Waals surface area (Å²) >= 11 is 0. The smallest absolute Gasteiger partial charge is 0.349 e. The minimum absolute atomic E-state index is 0.383. The molecule has 0 spiro atoms. The van der Waals surface area contributed by atoms with Gasteiger partial charge in [0.2, 0.25) is 5.95 Å². The highest BCUT2D eigenvalue weighted by molar-refractivity contribution is 5.59. The van der Waals surface area contributed by atoms with E-state index in [-0.39, 0.29) is 0 Å². The summed E-state index contributed by atoms with van der Waals surface area (Å²) in [6, 6.07) is 7.12. The van der Waals surface area contributed by atoms with Crippen LogP contribution in [0, 0.1) is 0 Å². The summed E-state index contributed by atoms with van der Waals surface area (Å²) < 4.78 is 0. The first-order valence-electron chi connectivity index (χ1n) is 6.43. The van der Waals surface area contributed by atoms with Crippen molar-refractivity contribution in [3.63, 3.8) is 0 Å². The lowest BCUT2D eigenvalue weighted by molar-refractivity contribution is 0.772. The topological polar surface area (TPSA) is 114 Å². The molecule has 0 fully saturated rings. The van der Waals surface area contributed by atoms with E-state index in [4.69, 9.17) is 11.5 Å². The van der Waals surface area contributed by atoms with Gasteiger partial charge in [-0.05, 0) is 31.2 Å². The van der Waals surface area contributed by atoms with Gasteiger partial charge in [-0.3, -0.25) is 4.98 Å². The first kappa shape index (κ1) is 14.0. The number of likely N-dealkylation sites (N-methyl/N-ethyl adjacent to an activating group) is 1. The summed E-state index contributed by atoms with van der Waals surface area (Å²) in [6.45, 7) is 3.72. The lowest BCUT2D eigenvalue weighted by atomic mass is 10.2. The van der Waals surface area contributed by atoms with Crippen LogP contribution in [0.5, 0.6) is 0 Å². The third kappa shape index (κ3) is 3.12. The zero-order valence-corrected chi connectivity index (χ0v) is 11.3. The van der Waals surface area contributed by atoms with E-state index in [2.05, 4.69) is 15.0 Å². The number of H-pyrrole nitrogens is 1. The maximum absolute atomic E-state index is 11.7. The number of benzene rings is 1. The molecule has 1 aromatic heterocycles. The molecule has 7 heteroatoms. The SMILES string of the molecule is CCN(CCN)c1nc(-c2ccc(N)cc2)[nH]c(=O)n1. The van der Waals surface area contributed by atoms with Crippen molar-refractivity contribution in [2.75, 3.05) is 30.3 Å². The van der Waals surface area contributed by atoms with Crippen molar-refractivity contribution in [1.29, 1.82) is 0 Å². The van der Waals surface area contributed by atoms with Gasteiger partial charge in [-0.25, -0.2) is 4.79 Å². The average Bonchev–Trinajstić information content (AvgIpc) is 2.44. The van der Waals surface area contributed by atoms with Gasteiger partial charge in [0.05, 0.1) is 0 Å². The fraction of sp³-hybridized carbons (Fsp3) is 0.308. The Labute approximate surface area is 116 Å². The van der Waals surface area contributed by atoms with Crippen LogP contribution in [0.4, 0.5) is 11.6 Å². The second-order valence-electron chi connectivity index (χ2n) is 4.29. The molecule has 0 aliphatic rings. The minimum Gasteiger partial charge on any atom is -0.399 e. The summed E-state index contributed by atoms with van der Waals surface area (Å²) in [5, 5.41) is 0. The fourth-order valence-corrected chi connectivity index (χ4v) is 1.85. The van der Waals surface area contributed by atoms with Gasteiger partial charge >= 0.3 is 5.69 Å². The third-order valence-corrected chi connectivity index (χ3v) is 2.89. The predicted molar refractivity (Wildman–Crippen MR) is 79.4 cm³/mol. The van der Waals surface area contributed by atoms with Crippen LogP contribution in [-0.2, 0) is 0 Å². The molecule has 0 aliphatic carbocycles. The van der Waals surface area contributed by atoms with E-state index < -0.39 is 5.69 Å². The molecule has 0 atom stereocenters. The predicted octanol–water partition coefficient (Wildman–Crippen LogP) is 0.199. The van der Waals surface area contributed by atoms with Gasteiger partial charge in [-0.15, -0.1) is 0 Å². The number of aromatic amines is 1. The van der Waals surface area contributed by atoms with E-state index in [0.29, 0.717) is 37.1 Å². The van der Waals surface area contributed by atoms with Crippen molar-refractivity contribution in [2.24, 2.45) is 5.73 Å². The minimum atomic E-state index is -0.433. The Morgan fingerprint density at radius 2 is 1.95 bits per heavy atom. The molecule has 7 nitrogen and oxygen atoms in total. The van der Waals surface area contributed by atoms with E-state index in [9.17, 15) is 4.79 Å². The molecule has 2 aromatic rings. The van der Waals surface area contributed by atoms with E-state index in [1.165, 1.54) is 0 Å². The van der Waals surface area contributed by atoms with Gasteiger partial charge < -0.3 is 16.4 Å². The molecule has 20 heavy (non-hydrogen) atoms. The number of hydrogen-bond acceptors (Lipinski definition) is 6. The monoisotopic (exact) mass is 274 g/mol. The highest BCUT2D eigenvalue weighted by atomic mass is 16.1. The Bertz CT molecular complexity index is 622. The summed E-state index contributed by atoms with van der Waals surface area (Å²) in [6.07, 6.45) is 0. The summed E-state index contributed by atoms with van der Waals surface area (Å²) in [4.78, 5) is 24.4. The van der Waals surface area contributed by atoms with E-state index >= 15 is 0 Å². The first-order valence-corrected chi connectivity index (χ1v) is 6.43. The zero-order chi connectivity index (χ0) is 14.5. The quantitative estimate of drug-likeness (QED) is 0.671. The van der Waals surface area contributed by atoms with Gasteiger partial charge in [-0.2, -0.15) is 9.97 Å². The van der Waals surface area contributed by atoms with Crippen LogP contribution in [0.15, 0.2) is 29.1 Å². The van der Waals surface area contributed by atoms with Gasteiger partial charge in [0.25, 0.3) is 0 Å². The van der Waals surface area contributed by atoms with Crippen molar-refractivity contribution in [3.8, 4) is 11.4 Å². The van der Waals surface area contributed by atoms with Crippen LogP contribution in [-0.4, -0.2) is 34.6 Å². The molecule has 0 saturated heterocycles. The average molecular weight is 274 g/mol. The molecule has 1 aromatic carbocycles. The van der Waals surface area contributed by atoms with Gasteiger partial charge in [-0.1, -0.05) is 0 Å². The van der Waals surface area contributed by atoms with Crippen LogP contribution in [0.1, 0.15) is 6.92 Å². The lowest BCUT2D eigenvalue weighted by Crippen LogP contribution is -2.32. The standard InChI is InChI=1S/C13H18N6O/c1-2-19(8-7-14)12-16-11(17-13(20)18-12)9-3-5-10(15)6-4-9/h3-6H,2,7-8,14-15H2,1H3,(H,16,17,18,20). The molecule has 0 saturated carbocycles. The highest BCUT2D eigenvalue weighted by Crippen LogP contribution is 2.17. The van der Waals surface area contributed by atoms with Gasteiger partial charge in [0, 0.05) is 30.9 Å². The molecular weight excluding hydrogens is 256 g/mol. The van der Waals surface area contributed by atoms with Crippen LogP contribution in [0.2, 0.25) is 0 Å². The van der Waals surface area contributed by atoms with Crippen molar-refractivity contribution in [3.05, 3.63) is 34.7 Å². The van der Waals surface area contributed by atoms with Crippen molar-refractivity contribution in [2.45, 2.75) is 6.92 Å². The van der Waals surface area contributed by atoms with Crippen LogP contribution in [0.3, 0.4) is 0 Å². The third-order valence-electron chi connectivity index (χ3n) is 2.89. The van der Waals surface area contributed by atoms with Crippen molar-refractivity contribution < 1.29 is 0 Å². The van der Waals surface area contributed by atoms with E-state index in [1.807, 2.05) is 11.8 Å². The number of aromatic nitrogens is 3. The molecule has 0 unspecified atom stereocenters. The largest absolute Gasteiger partial charge is 0.399 e. The van der Waals surface area contributed by atoms with Crippen molar-refractivity contribution in [1.82, 2.24) is 15.0 Å². The maximum Gasteiger partial charge on any atom is 0.349 e. The number of anilines is 2. The second-order valence-corrected chi connectivity index (χ2v) is 4.29. The molecule has 0 bridgehead atoms. The lowest BCUT2D eigenvalue weighted by Gasteiger charge is -2.19. The number of nitrogens with two attached hydrogens (primary N) is 2. The second kappa shape index (κ2) is 6.16. The van der Waals surface area contributed by atoms with E-state index in [0.717, 1.165) is 5.56 Å². The number of nitrogens with one attached hydrogen (secondary N) is 1. The molecule has 2 rings (SSSR count). The Morgan fingerprint density at radius 1 is 1.25 bits per heavy atom. The molecule has 0 amide bonds. The van der Waals surface area contributed by atoms with Crippen LogP contribution in [0.25, 0.3) is 11.4 Å². The zero-order valence-electron chi connectivity index (χ0n) is 11.3. The van der Waals surface area contributed by atoms with Crippen LogP contribution >= 0.6 is 0 Å².